The highest BCUT2D eigenvalue weighted by Gasteiger charge is 2.30. The number of fused-ring (bicyclic) bond motifs is 2. The van der Waals surface area contributed by atoms with E-state index >= 15 is 0 Å². The molecule has 4 aromatic rings. The van der Waals surface area contributed by atoms with E-state index in [4.69, 9.17) is 5.73 Å². The minimum atomic E-state index is -3.72. The molecule has 0 radical (unpaired) electrons. The molecule has 2 aliphatic rings. The Balaban J connectivity index is 1.17. The van der Waals surface area contributed by atoms with E-state index in [1.54, 1.807) is 0 Å². The summed E-state index contributed by atoms with van der Waals surface area (Å²) in [6, 6.07) is 24.0. The molecule has 2 aliphatic heterocycles. The number of nitrogens with zero attached hydrogens (tertiary/aromatic N) is 2. The molecule has 0 aliphatic carbocycles. The number of sulfonamides is 1. The highest BCUT2D eigenvalue weighted by Crippen LogP contribution is 2.37. The molecule has 0 saturated heterocycles. The average molecular weight is 587 g/mol. The van der Waals surface area contributed by atoms with E-state index in [0.29, 0.717) is 48.6 Å². The van der Waals surface area contributed by atoms with Crippen molar-refractivity contribution in [3.05, 3.63) is 117 Å². The summed E-state index contributed by atoms with van der Waals surface area (Å²) in [6.07, 6.45) is 1.33. The molecule has 3 N–H and O–H groups in total. The number of primary amides is 1. The molecular weight excluding hydrogens is 556 g/mol. The van der Waals surface area contributed by atoms with Crippen LogP contribution in [0.2, 0.25) is 0 Å². The topological polar surface area (TPSA) is 113 Å². The van der Waals surface area contributed by atoms with E-state index in [2.05, 4.69) is 22.3 Å². The van der Waals surface area contributed by atoms with Crippen molar-refractivity contribution in [2.24, 2.45) is 5.73 Å². The lowest BCUT2D eigenvalue weighted by atomic mass is 10.0. The maximum atomic E-state index is 13.3. The van der Waals surface area contributed by atoms with Crippen molar-refractivity contribution in [1.82, 2.24) is 9.21 Å². The predicted octanol–water partition coefficient (Wildman–Crippen LogP) is 4.40. The van der Waals surface area contributed by atoms with Gasteiger partial charge in [0.1, 0.15) is 5.00 Å². The van der Waals surface area contributed by atoms with E-state index in [1.807, 2.05) is 42.5 Å². The van der Waals surface area contributed by atoms with Gasteiger partial charge >= 0.3 is 0 Å². The number of hydrogen-bond acceptors (Lipinski definition) is 6. The molecule has 6 rings (SSSR count). The summed E-state index contributed by atoms with van der Waals surface area (Å²) in [5.74, 6) is -0.998. The van der Waals surface area contributed by atoms with Crippen molar-refractivity contribution < 1.29 is 18.0 Å². The van der Waals surface area contributed by atoms with Crippen molar-refractivity contribution in [3.8, 4) is 0 Å². The lowest BCUT2D eigenvalue weighted by Gasteiger charge is -2.28. The first-order valence-corrected chi connectivity index (χ1v) is 15.7. The van der Waals surface area contributed by atoms with Gasteiger partial charge in [0.25, 0.3) is 11.8 Å². The van der Waals surface area contributed by atoms with E-state index in [0.717, 1.165) is 29.1 Å². The molecule has 41 heavy (non-hydrogen) atoms. The van der Waals surface area contributed by atoms with E-state index < -0.39 is 21.8 Å². The first-order valence-electron chi connectivity index (χ1n) is 13.5. The summed E-state index contributed by atoms with van der Waals surface area (Å²) in [4.78, 5) is 29.1. The number of carbonyl (C=O) groups excluding carboxylic acids is 2. The number of nitrogens with two attached hydrogens (primary N) is 1. The third-order valence-corrected chi connectivity index (χ3v) is 10.7. The van der Waals surface area contributed by atoms with Gasteiger partial charge in [-0.1, -0.05) is 54.6 Å². The van der Waals surface area contributed by atoms with Gasteiger partial charge in [-0.25, -0.2) is 8.42 Å². The molecule has 0 bridgehead atoms. The van der Waals surface area contributed by atoms with Crippen molar-refractivity contribution in [2.75, 3.05) is 18.4 Å². The lowest BCUT2D eigenvalue weighted by Crippen LogP contribution is -2.35. The van der Waals surface area contributed by atoms with E-state index in [1.165, 1.54) is 51.0 Å². The van der Waals surface area contributed by atoms with Crippen LogP contribution in [-0.4, -0.2) is 42.5 Å². The molecule has 0 saturated carbocycles. The summed E-state index contributed by atoms with van der Waals surface area (Å²) < 4.78 is 28.1. The van der Waals surface area contributed by atoms with Crippen LogP contribution in [0.4, 0.5) is 5.00 Å². The van der Waals surface area contributed by atoms with Gasteiger partial charge in [0.15, 0.2) is 0 Å². The van der Waals surface area contributed by atoms with Crippen LogP contribution in [-0.2, 0) is 42.5 Å². The van der Waals surface area contributed by atoms with Crippen LogP contribution in [0.3, 0.4) is 0 Å². The van der Waals surface area contributed by atoms with Crippen molar-refractivity contribution in [1.29, 1.82) is 0 Å². The maximum absolute atomic E-state index is 13.3. The highest BCUT2D eigenvalue weighted by molar-refractivity contribution is 7.89. The number of hydrogen-bond donors (Lipinski definition) is 2. The summed E-state index contributed by atoms with van der Waals surface area (Å²) >= 11 is 1.37. The second kappa shape index (κ2) is 11.2. The fraction of sp³-hybridized carbons (Fsp3) is 0.226. The van der Waals surface area contributed by atoms with Gasteiger partial charge in [0.05, 0.1) is 10.5 Å². The molecule has 0 unspecified atom stereocenters. The van der Waals surface area contributed by atoms with Gasteiger partial charge < -0.3 is 11.1 Å². The largest absolute Gasteiger partial charge is 0.365 e. The smallest absolute Gasteiger partial charge is 0.256 e. The summed E-state index contributed by atoms with van der Waals surface area (Å²) in [7, 11) is -3.72. The van der Waals surface area contributed by atoms with Gasteiger partial charge in [0, 0.05) is 43.2 Å². The van der Waals surface area contributed by atoms with Gasteiger partial charge in [-0.2, -0.15) is 4.31 Å². The monoisotopic (exact) mass is 586 g/mol. The normalized spacial score (nSPS) is 15.6. The Morgan fingerprint density at radius 1 is 0.854 bits per heavy atom. The third kappa shape index (κ3) is 5.56. The maximum Gasteiger partial charge on any atom is 0.256 e. The summed E-state index contributed by atoms with van der Waals surface area (Å²) in [5, 5.41) is 3.29. The van der Waals surface area contributed by atoms with E-state index in [-0.39, 0.29) is 4.90 Å². The number of nitrogens with one attached hydrogen (secondary N) is 1. The van der Waals surface area contributed by atoms with Crippen LogP contribution in [0, 0.1) is 0 Å². The van der Waals surface area contributed by atoms with E-state index in [9.17, 15) is 18.0 Å². The van der Waals surface area contributed by atoms with Gasteiger partial charge in [-0.3, -0.25) is 14.5 Å². The predicted molar refractivity (Wildman–Crippen MR) is 159 cm³/mol. The second-order valence-corrected chi connectivity index (χ2v) is 13.4. The van der Waals surface area contributed by atoms with Gasteiger partial charge in [0.2, 0.25) is 10.0 Å². The molecule has 3 heterocycles. The second-order valence-electron chi connectivity index (χ2n) is 10.4. The minimum Gasteiger partial charge on any atom is -0.365 e. The molecule has 210 valence electrons. The number of benzene rings is 3. The molecule has 1 aromatic heterocycles. The van der Waals surface area contributed by atoms with Crippen molar-refractivity contribution in [3.63, 3.8) is 0 Å². The lowest BCUT2D eigenvalue weighted by molar-refractivity contribution is 0.0999. The van der Waals surface area contributed by atoms with Crippen LogP contribution < -0.4 is 11.1 Å². The zero-order chi connectivity index (χ0) is 28.6. The molecule has 0 fully saturated rings. The Hall–Kier alpha value is -3.83. The van der Waals surface area contributed by atoms with Gasteiger partial charge in [-0.05, 0) is 59.4 Å². The Morgan fingerprint density at radius 2 is 1.56 bits per heavy atom. The molecular formula is C31H30N4O4S2. The molecule has 2 amide bonds. The molecule has 8 nitrogen and oxygen atoms in total. The first-order chi connectivity index (χ1) is 19.8. The van der Waals surface area contributed by atoms with Gasteiger partial charge in [-0.15, -0.1) is 11.3 Å². The first kappa shape index (κ1) is 27.3. The number of amides is 2. The van der Waals surface area contributed by atoms with Crippen LogP contribution in [0.5, 0.6) is 0 Å². The molecule has 0 atom stereocenters. The molecule has 3 aromatic carbocycles. The van der Waals surface area contributed by atoms with Crippen LogP contribution >= 0.6 is 11.3 Å². The Kier molecular flexibility index (Phi) is 7.48. The fourth-order valence-electron chi connectivity index (χ4n) is 5.56. The zero-order valence-corrected chi connectivity index (χ0v) is 24.0. The minimum absolute atomic E-state index is 0.136. The summed E-state index contributed by atoms with van der Waals surface area (Å²) in [5.41, 5.74) is 10.7. The zero-order valence-electron chi connectivity index (χ0n) is 22.4. The van der Waals surface area contributed by atoms with Crippen molar-refractivity contribution in [2.45, 2.75) is 37.4 Å². The van der Waals surface area contributed by atoms with Crippen LogP contribution in [0.1, 0.15) is 47.8 Å². The summed E-state index contributed by atoms with van der Waals surface area (Å²) in [6.45, 7) is 2.97. The average Bonchev–Trinajstić information content (AvgIpc) is 3.34. The Labute approximate surface area is 243 Å². The number of rotatable bonds is 7. The highest BCUT2D eigenvalue weighted by atomic mass is 32.2. The van der Waals surface area contributed by atoms with Crippen molar-refractivity contribution >= 4 is 38.2 Å². The quantitative estimate of drug-likeness (QED) is 0.333. The molecule has 0 spiro atoms. The number of carbonyl (C=O) groups is 2. The Morgan fingerprint density at radius 3 is 2.29 bits per heavy atom. The number of anilines is 1. The standard InChI is InChI=1S/C31H30N4O4S2/c32-29(36)28-26-15-16-34(18-21-6-2-1-3-7-21)20-27(26)40-31(28)33-30(37)23-10-12-25(13-11-23)41(38,39)35-17-14-22-8-4-5-9-24(22)19-35/h1-13H,14-20H2,(H2,32,36)(H,33,37). The Bertz CT molecular complexity index is 1720. The van der Waals surface area contributed by atoms with Crippen LogP contribution in [0.15, 0.2) is 83.8 Å². The van der Waals surface area contributed by atoms with Crippen LogP contribution in [0.25, 0.3) is 0 Å². The fourth-order valence-corrected chi connectivity index (χ4v) is 8.27. The third-order valence-electron chi connectivity index (χ3n) is 7.71. The number of thiophene rings is 1. The molecule has 10 heteroatoms. The SMILES string of the molecule is NC(=O)c1c(NC(=O)c2ccc(S(=O)(=O)N3CCc4ccccc4C3)cc2)sc2c1CCN(Cc1ccccc1)C2.